The van der Waals surface area contributed by atoms with Gasteiger partial charge in [-0.1, -0.05) is 12.8 Å². The highest BCUT2D eigenvalue weighted by molar-refractivity contribution is 8.05. The Bertz CT molecular complexity index is 998. The number of methoxy groups -OCH3 is 2. The van der Waals surface area contributed by atoms with Gasteiger partial charge in [-0.3, -0.25) is 0 Å². The number of aliphatic hydroxyl groups excluding tert-OH is 1. The van der Waals surface area contributed by atoms with Gasteiger partial charge >= 0.3 is 5.97 Å². The second-order valence-corrected chi connectivity index (χ2v) is 10.6. The molecule has 2 aliphatic rings. The van der Waals surface area contributed by atoms with Crippen LogP contribution in [0.5, 0.6) is 11.5 Å². The number of carbonyl (C=O) groups excluding carboxylic acids is 1. The van der Waals surface area contributed by atoms with Crippen LogP contribution in [0.25, 0.3) is 0 Å². The summed E-state index contributed by atoms with van der Waals surface area (Å²) in [6, 6.07) is 3.98. The van der Waals surface area contributed by atoms with E-state index in [2.05, 4.69) is 11.1 Å². The predicted octanol–water partition coefficient (Wildman–Crippen LogP) is 5.84. The lowest BCUT2D eigenvalue weighted by molar-refractivity contribution is -0.166. The first-order valence-corrected chi connectivity index (χ1v) is 12.6. The Morgan fingerprint density at radius 3 is 2.62 bits per heavy atom. The summed E-state index contributed by atoms with van der Waals surface area (Å²) in [4.78, 5) is 17.5. The van der Waals surface area contributed by atoms with Gasteiger partial charge in [-0.2, -0.15) is 0 Å². The fourth-order valence-corrected chi connectivity index (χ4v) is 6.47. The van der Waals surface area contributed by atoms with E-state index in [0.717, 1.165) is 52.6 Å². The molecule has 8 heteroatoms. The van der Waals surface area contributed by atoms with E-state index in [1.807, 2.05) is 18.4 Å². The molecule has 1 N–H and O–H groups in total. The quantitative estimate of drug-likeness (QED) is 0.481. The Morgan fingerprint density at radius 1 is 1.25 bits per heavy atom. The molecule has 1 aliphatic carbocycles. The molecule has 2 aromatic rings. The van der Waals surface area contributed by atoms with E-state index in [9.17, 15) is 9.90 Å². The fourth-order valence-electron chi connectivity index (χ4n) is 4.90. The van der Waals surface area contributed by atoms with Crippen molar-refractivity contribution in [2.75, 3.05) is 14.2 Å². The number of rotatable bonds is 8. The minimum absolute atomic E-state index is 0.117. The summed E-state index contributed by atoms with van der Waals surface area (Å²) in [6.45, 7) is 2.01. The number of carbonyl (C=O) groups is 1. The summed E-state index contributed by atoms with van der Waals surface area (Å²) in [5.74, 6) is 1.45. The topological polar surface area (TPSA) is 77.9 Å². The summed E-state index contributed by atoms with van der Waals surface area (Å²) in [5, 5.41) is 12.8. The Labute approximate surface area is 197 Å². The molecule has 2 heterocycles. The van der Waals surface area contributed by atoms with E-state index < -0.39 is 11.6 Å². The zero-order valence-corrected chi connectivity index (χ0v) is 20.3. The number of nitrogens with zero attached hydrogens (tertiary/aromatic N) is 1. The van der Waals surface area contributed by atoms with Gasteiger partial charge in [-0.25, -0.2) is 9.78 Å². The number of hydrogen-bond donors (Lipinski definition) is 1. The Hall–Kier alpha value is -2.19. The molecule has 0 radical (unpaired) electrons. The van der Waals surface area contributed by atoms with E-state index >= 15 is 0 Å². The molecule has 1 atom stereocenters. The molecule has 0 spiro atoms. The largest absolute Gasteiger partial charge is 0.511 e. The molecule has 1 aliphatic heterocycles. The van der Waals surface area contributed by atoms with Crippen molar-refractivity contribution in [3.63, 3.8) is 0 Å². The van der Waals surface area contributed by atoms with Crippen molar-refractivity contribution in [2.45, 2.75) is 61.8 Å². The average molecular weight is 476 g/mol. The van der Waals surface area contributed by atoms with Crippen LogP contribution in [0.4, 0.5) is 0 Å². The standard InChI is InChI=1S/C24H29NO5S2/c1-15-12-16(20(29-3)13-19(15)28-2)8-9-24(17-6-4-5-7-17)14-18(26)21(22(27)30-24)32-23-25-10-11-31-23/h10-13,17,26H,4-9,14H2,1-3H3. The number of thiazole rings is 1. The van der Waals surface area contributed by atoms with Gasteiger partial charge in [0, 0.05) is 24.1 Å². The highest BCUT2D eigenvalue weighted by Crippen LogP contribution is 2.48. The zero-order chi connectivity index (χ0) is 22.7. The highest BCUT2D eigenvalue weighted by atomic mass is 32.2. The molecular formula is C24H29NO5S2. The number of aliphatic hydroxyl groups is 1. The van der Waals surface area contributed by atoms with Crippen LogP contribution >= 0.6 is 23.1 Å². The Morgan fingerprint density at radius 2 is 2.00 bits per heavy atom. The van der Waals surface area contributed by atoms with Gasteiger partial charge in [0.05, 0.1) is 14.2 Å². The minimum atomic E-state index is -0.705. The van der Waals surface area contributed by atoms with Crippen LogP contribution in [0.3, 0.4) is 0 Å². The van der Waals surface area contributed by atoms with Crippen LogP contribution in [0.2, 0.25) is 0 Å². The molecule has 172 valence electrons. The molecule has 1 aromatic heterocycles. The Balaban J connectivity index is 1.61. The number of esters is 1. The first kappa shape index (κ1) is 23.0. The first-order chi connectivity index (χ1) is 15.5. The van der Waals surface area contributed by atoms with E-state index in [1.165, 1.54) is 23.1 Å². The third kappa shape index (κ3) is 4.62. The fraction of sp³-hybridized carbons (Fsp3) is 0.500. The first-order valence-electron chi connectivity index (χ1n) is 10.9. The number of ether oxygens (including phenoxy) is 3. The third-order valence-corrected chi connectivity index (χ3v) is 8.51. The molecule has 1 saturated carbocycles. The zero-order valence-electron chi connectivity index (χ0n) is 18.7. The summed E-state index contributed by atoms with van der Waals surface area (Å²) >= 11 is 2.62. The predicted molar refractivity (Wildman–Crippen MR) is 126 cm³/mol. The van der Waals surface area contributed by atoms with Gasteiger partial charge in [-0.05, 0) is 67.5 Å². The summed E-state index contributed by atoms with van der Waals surface area (Å²) in [5.41, 5.74) is 1.37. The van der Waals surface area contributed by atoms with Gasteiger partial charge in [0.1, 0.15) is 27.8 Å². The summed E-state index contributed by atoms with van der Waals surface area (Å²) in [7, 11) is 3.30. The molecule has 1 unspecified atom stereocenters. The maximum Gasteiger partial charge on any atom is 0.349 e. The van der Waals surface area contributed by atoms with Gasteiger partial charge < -0.3 is 19.3 Å². The number of hydrogen-bond acceptors (Lipinski definition) is 8. The number of cyclic esters (lactones) is 1. The average Bonchev–Trinajstić information content (AvgIpc) is 3.49. The third-order valence-electron chi connectivity index (χ3n) is 6.52. The number of benzene rings is 1. The smallest absolute Gasteiger partial charge is 0.349 e. The molecule has 32 heavy (non-hydrogen) atoms. The normalized spacial score (nSPS) is 21.7. The second-order valence-electron chi connectivity index (χ2n) is 8.42. The lowest BCUT2D eigenvalue weighted by Crippen LogP contribution is -2.45. The van der Waals surface area contributed by atoms with Crippen LogP contribution < -0.4 is 9.47 Å². The monoisotopic (exact) mass is 475 g/mol. The lowest BCUT2D eigenvalue weighted by Gasteiger charge is -2.41. The number of aryl methyl sites for hydroxylation is 2. The summed E-state index contributed by atoms with van der Waals surface area (Å²) < 4.78 is 17.9. The molecule has 0 saturated heterocycles. The van der Waals surface area contributed by atoms with E-state index in [1.54, 1.807) is 20.4 Å². The highest BCUT2D eigenvalue weighted by Gasteiger charge is 2.48. The van der Waals surface area contributed by atoms with Gasteiger partial charge in [0.2, 0.25) is 0 Å². The molecular weight excluding hydrogens is 446 g/mol. The molecule has 1 fully saturated rings. The summed E-state index contributed by atoms with van der Waals surface area (Å²) in [6.07, 6.45) is 7.61. The van der Waals surface area contributed by atoms with Crippen molar-refractivity contribution in [2.24, 2.45) is 5.92 Å². The van der Waals surface area contributed by atoms with Gasteiger partial charge in [-0.15, -0.1) is 11.3 Å². The molecule has 1 aromatic carbocycles. The number of thioether (sulfide) groups is 1. The van der Waals surface area contributed by atoms with Gasteiger partial charge in [0.25, 0.3) is 0 Å². The van der Waals surface area contributed by atoms with Crippen molar-refractivity contribution >= 4 is 29.1 Å². The SMILES string of the molecule is COc1cc(OC)c(CCC2(C3CCCC3)CC(O)=C(Sc3nccs3)C(=O)O2)cc1C. The van der Waals surface area contributed by atoms with Crippen LogP contribution in [0, 0.1) is 12.8 Å². The van der Waals surface area contributed by atoms with Crippen LogP contribution in [0.1, 0.15) is 49.7 Å². The van der Waals surface area contributed by atoms with Crippen LogP contribution in [-0.2, 0) is 16.0 Å². The van der Waals surface area contributed by atoms with Crippen molar-refractivity contribution in [3.8, 4) is 11.5 Å². The van der Waals surface area contributed by atoms with Crippen molar-refractivity contribution in [3.05, 3.63) is 45.5 Å². The van der Waals surface area contributed by atoms with Crippen molar-refractivity contribution in [1.82, 2.24) is 4.98 Å². The van der Waals surface area contributed by atoms with Gasteiger partial charge in [0.15, 0.2) is 4.34 Å². The molecule has 4 rings (SSSR count). The van der Waals surface area contributed by atoms with Crippen LogP contribution in [-0.4, -0.2) is 35.9 Å². The lowest BCUT2D eigenvalue weighted by atomic mass is 9.77. The maximum atomic E-state index is 13.1. The molecule has 6 nitrogen and oxygen atoms in total. The van der Waals surface area contributed by atoms with Crippen molar-refractivity contribution in [1.29, 1.82) is 0 Å². The Kier molecular flexibility index (Phi) is 7.00. The second kappa shape index (κ2) is 9.75. The number of aromatic nitrogens is 1. The van der Waals surface area contributed by atoms with E-state index in [0.29, 0.717) is 19.3 Å². The van der Waals surface area contributed by atoms with Crippen molar-refractivity contribution < 1.29 is 24.1 Å². The van der Waals surface area contributed by atoms with E-state index in [4.69, 9.17) is 14.2 Å². The molecule has 0 amide bonds. The minimum Gasteiger partial charge on any atom is -0.511 e. The molecule has 0 bridgehead atoms. The maximum absolute atomic E-state index is 13.1. The van der Waals surface area contributed by atoms with Crippen LogP contribution in [0.15, 0.2) is 38.7 Å². The van der Waals surface area contributed by atoms with E-state index in [-0.39, 0.29) is 16.6 Å².